The summed E-state index contributed by atoms with van der Waals surface area (Å²) in [5.41, 5.74) is 8.39. The Morgan fingerprint density at radius 2 is 1.63 bits per heavy atom. The van der Waals surface area contributed by atoms with Crippen LogP contribution in [0.25, 0.3) is 39.4 Å². The quantitative estimate of drug-likeness (QED) is 0.243. The number of fused-ring (bicyclic) bond motifs is 1. The zero-order valence-electron chi connectivity index (χ0n) is 16.6. The minimum absolute atomic E-state index is 0.451. The summed E-state index contributed by atoms with van der Waals surface area (Å²) in [6, 6.07) is 21.1. The maximum Gasteiger partial charge on any atom is 0.0752 e. The van der Waals surface area contributed by atoms with E-state index in [0.29, 0.717) is 6.16 Å². The van der Waals surface area contributed by atoms with E-state index in [2.05, 4.69) is 75.4 Å². The van der Waals surface area contributed by atoms with Gasteiger partial charge in [0.1, 0.15) is 0 Å². The second-order valence-corrected chi connectivity index (χ2v) is 8.55. The van der Waals surface area contributed by atoms with E-state index in [9.17, 15) is 4.20 Å². The molecule has 0 N–H and O–H groups in total. The van der Waals surface area contributed by atoms with Crippen molar-refractivity contribution in [3.8, 4) is 22.4 Å². The molecule has 0 aliphatic rings. The molecule has 0 fully saturated rings. The SMILES string of the molecule is C=Cc1cc(-c2ccc(-c3ccc(CCCPF)cc3)cc2)nc2cc(P)ncc12. The van der Waals surface area contributed by atoms with Gasteiger partial charge in [0.05, 0.1) is 25.5 Å². The van der Waals surface area contributed by atoms with Gasteiger partial charge < -0.3 is 0 Å². The Morgan fingerprint density at radius 3 is 2.30 bits per heavy atom. The van der Waals surface area contributed by atoms with Crippen molar-refractivity contribution in [1.82, 2.24) is 9.97 Å². The average molecular weight is 432 g/mol. The monoisotopic (exact) mass is 432 g/mol. The number of hydrogen-bond donors (Lipinski definition) is 0. The second kappa shape index (κ2) is 9.56. The molecule has 0 bridgehead atoms. The topological polar surface area (TPSA) is 25.8 Å². The summed E-state index contributed by atoms with van der Waals surface area (Å²) in [5.74, 6) is 0. The molecule has 0 spiro atoms. The Hall–Kier alpha value is -2.47. The van der Waals surface area contributed by atoms with Gasteiger partial charge in [-0.15, -0.1) is 0 Å². The molecule has 2 nitrogen and oxygen atoms in total. The highest BCUT2D eigenvalue weighted by molar-refractivity contribution is 7.31. The summed E-state index contributed by atoms with van der Waals surface area (Å²) in [6.45, 7) is 3.94. The van der Waals surface area contributed by atoms with Crippen LogP contribution in [0.3, 0.4) is 0 Å². The Bertz CT molecular complexity index is 1170. The van der Waals surface area contributed by atoms with Gasteiger partial charge in [-0.1, -0.05) is 70.4 Å². The largest absolute Gasteiger partial charge is 0.256 e. The molecule has 150 valence electrons. The number of rotatable bonds is 7. The lowest BCUT2D eigenvalue weighted by atomic mass is 9.99. The van der Waals surface area contributed by atoms with Gasteiger partial charge in [0.25, 0.3) is 0 Å². The van der Waals surface area contributed by atoms with Crippen LogP contribution < -0.4 is 5.44 Å². The van der Waals surface area contributed by atoms with Crippen molar-refractivity contribution >= 4 is 40.5 Å². The number of pyridine rings is 2. The van der Waals surface area contributed by atoms with Crippen LogP contribution in [0.1, 0.15) is 17.5 Å². The standard InChI is InChI=1S/C25H23FN2P2/c1-2-18-14-23(28-24-15-25(29)27-16-22(18)24)21-11-9-20(10-12-21)19-7-5-17(6-8-19)4-3-13-30-26/h2,5-12,14-16,30H,1,3-4,13,29H2. The molecule has 0 amide bonds. The Morgan fingerprint density at radius 1 is 0.967 bits per heavy atom. The molecular weight excluding hydrogens is 409 g/mol. The fourth-order valence-electron chi connectivity index (χ4n) is 3.54. The van der Waals surface area contributed by atoms with E-state index < -0.39 is 8.89 Å². The zero-order chi connectivity index (χ0) is 20.9. The summed E-state index contributed by atoms with van der Waals surface area (Å²) in [4.78, 5) is 9.19. The lowest BCUT2D eigenvalue weighted by molar-refractivity contribution is 0.870. The summed E-state index contributed by atoms with van der Waals surface area (Å²) >= 11 is 0. The molecule has 4 rings (SSSR count). The summed E-state index contributed by atoms with van der Waals surface area (Å²) in [6.07, 6.45) is 6.19. The molecule has 2 aromatic carbocycles. The molecule has 4 aromatic rings. The van der Waals surface area contributed by atoms with Gasteiger partial charge in [0, 0.05) is 17.1 Å². The number of nitrogens with zero attached hydrogens (tertiary/aromatic N) is 2. The molecule has 0 saturated heterocycles. The van der Waals surface area contributed by atoms with E-state index in [0.717, 1.165) is 51.6 Å². The van der Waals surface area contributed by atoms with Gasteiger partial charge in [0.2, 0.25) is 0 Å². The zero-order valence-corrected chi connectivity index (χ0v) is 18.8. The van der Waals surface area contributed by atoms with Crippen LogP contribution in [0.2, 0.25) is 0 Å². The van der Waals surface area contributed by atoms with Gasteiger partial charge in [-0.25, -0.2) is 9.18 Å². The summed E-state index contributed by atoms with van der Waals surface area (Å²) in [5, 5.41) is 1.00. The van der Waals surface area contributed by atoms with Crippen molar-refractivity contribution in [1.29, 1.82) is 0 Å². The third-order valence-electron chi connectivity index (χ3n) is 5.17. The van der Waals surface area contributed by atoms with Crippen molar-refractivity contribution in [2.75, 3.05) is 6.16 Å². The van der Waals surface area contributed by atoms with Crippen molar-refractivity contribution in [2.24, 2.45) is 0 Å². The molecule has 0 aliphatic carbocycles. The second-order valence-electron chi connectivity index (χ2n) is 7.19. The Kier molecular flexibility index (Phi) is 6.62. The molecule has 2 heterocycles. The molecule has 2 aromatic heterocycles. The van der Waals surface area contributed by atoms with Crippen LogP contribution in [0.15, 0.2) is 73.4 Å². The summed E-state index contributed by atoms with van der Waals surface area (Å²) in [7, 11) is 2.17. The molecule has 5 heteroatoms. The average Bonchev–Trinajstić information content (AvgIpc) is 2.79. The smallest absolute Gasteiger partial charge is 0.0752 e. The Balaban J connectivity index is 1.60. The van der Waals surface area contributed by atoms with E-state index in [1.54, 1.807) is 0 Å². The van der Waals surface area contributed by atoms with Gasteiger partial charge >= 0.3 is 0 Å². The third kappa shape index (κ3) is 4.64. The van der Waals surface area contributed by atoms with Crippen LogP contribution in [0.4, 0.5) is 4.20 Å². The van der Waals surface area contributed by atoms with Crippen LogP contribution in [-0.2, 0) is 6.42 Å². The first-order valence-corrected chi connectivity index (χ1v) is 11.6. The normalized spacial score (nSPS) is 11.4. The molecule has 0 radical (unpaired) electrons. The number of benzene rings is 2. The van der Waals surface area contributed by atoms with Crippen molar-refractivity contribution in [2.45, 2.75) is 12.8 Å². The number of halogens is 1. The van der Waals surface area contributed by atoms with Crippen LogP contribution in [-0.4, -0.2) is 16.1 Å². The maximum atomic E-state index is 12.3. The highest BCUT2D eigenvalue weighted by atomic mass is 31.1. The van der Waals surface area contributed by atoms with Crippen molar-refractivity contribution in [3.05, 3.63) is 84.6 Å². The lowest BCUT2D eigenvalue weighted by Gasteiger charge is -2.09. The van der Waals surface area contributed by atoms with Gasteiger partial charge in [0.15, 0.2) is 0 Å². The van der Waals surface area contributed by atoms with Gasteiger partial charge in [-0.2, -0.15) is 0 Å². The molecule has 30 heavy (non-hydrogen) atoms. The number of aryl methyl sites for hydroxylation is 1. The minimum Gasteiger partial charge on any atom is -0.256 e. The molecule has 2 atom stereocenters. The van der Waals surface area contributed by atoms with Crippen molar-refractivity contribution < 1.29 is 4.20 Å². The first kappa shape index (κ1) is 20.8. The predicted molar refractivity (Wildman–Crippen MR) is 132 cm³/mol. The van der Waals surface area contributed by atoms with Gasteiger partial charge in [-0.3, -0.25) is 4.98 Å². The van der Waals surface area contributed by atoms with Crippen LogP contribution in [0, 0.1) is 0 Å². The van der Waals surface area contributed by atoms with Crippen molar-refractivity contribution in [3.63, 3.8) is 0 Å². The Labute approximate surface area is 180 Å². The molecule has 0 saturated carbocycles. The van der Waals surface area contributed by atoms with E-state index >= 15 is 0 Å². The summed E-state index contributed by atoms with van der Waals surface area (Å²) < 4.78 is 12.3. The first-order chi connectivity index (χ1) is 14.7. The molecular formula is C25H23FN2P2. The van der Waals surface area contributed by atoms with Gasteiger partial charge in [-0.05, 0) is 53.4 Å². The minimum atomic E-state index is -0.451. The van der Waals surface area contributed by atoms with E-state index in [-0.39, 0.29) is 0 Å². The third-order valence-corrected chi connectivity index (χ3v) is 6.03. The van der Waals surface area contributed by atoms with Crippen LogP contribution >= 0.6 is 18.1 Å². The van der Waals surface area contributed by atoms with E-state index in [4.69, 9.17) is 4.98 Å². The number of hydrogen-bond acceptors (Lipinski definition) is 2. The fraction of sp³-hybridized carbons (Fsp3) is 0.120. The highest BCUT2D eigenvalue weighted by Gasteiger charge is 2.08. The predicted octanol–water partition coefficient (Wildman–Crippen LogP) is 6.60. The molecule has 2 unspecified atom stereocenters. The number of aromatic nitrogens is 2. The molecule has 0 aliphatic heterocycles. The first-order valence-electron chi connectivity index (χ1n) is 9.90. The fourth-order valence-corrected chi connectivity index (χ4v) is 4.08. The van der Waals surface area contributed by atoms with E-state index in [1.165, 1.54) is 11.1 Å². The van der Waals surface area contributed by atoms with Crippen LogP contribution in [0.5, 0.6) is 0 Å². The van der Waals surface area contributed by atoms with E-state index in [1.807, 2.05) is 18.3 Å². The lowest BCUT2D eigenvalue weighted by Crippen LogP contribution is -1.99. The maximum absolute atomic E-state index is 12.3. The highest BCUT2D eigenvalue weighted by Crippen LogP contribution is 2.28.